The van der Waals surface area contributed by atoms with Gasteiger partial charge >= 0.3 is 0 Å². The summed E-state index contributed by atoms with van der Waals surface area (Å²) in [7, 11) is 1.94. The average molecular weight is 271 g/mol. The fraction of sp³-hybridized carbons (Fsp3) is 0.235. The van der Waals surface area contributed by atoms with Crippen LogP contribution in [0.25, 0.3) is 0 Å². The van der Waals surface area contributed by atoms with Gasteiger partial charge in [0.2, 0.25) is 0 Å². The number of halogens is 1. The van der Waals surface area contributed by atoms with Crippen LogP contribution in [0, 0.1) is 5.82 Å². The molecule has 3 heteroatoms. The van der Waals surface area contributed by atoms with Crippen LogP contribution in [-0.2, 0) is 6.54 Å². The normalized spacial score (nSPS) is 10.3. The van der Waals surface area contributed by atoms with Crippen molar-refractivity contribution in [1.29, 1.82) is 0 Å². The Bertz CT molecular complexity index is 592. The van der Waals surface area contributed by atoms with E-state index in [1.165, 1.54) is 12.1 Å². The largest absolute Gasteiger partial charge is 0.370 e. The summed E-state index contributed by atoms with van der Waals surface area (Å²) in [6.07, 6.45) is 0.488. The SMILES string of the molecule is CCC(=O)c1ccccc1N(C)Cc1ccc(F)cc1. The number of hydrogen-bond donors (Lipinski definition) is 0. The summed E-state index contributed by atoms with van der Waals surface area (Å²) in [5.41, 5.74) is 2.65. The lowest BCUT2D eigenvalue weighted by molar-refractivity contribution is 0.0988. The number of Topliss-reactive ketones (excluding diaryl/α,β-unsaturated/α-hetero) is 1. The van der Waals surface area contributed by atoms with E-state index >= 15 is 0 Å². The van der Waals surface area contributed by atoms with Crippen LogP contribution < -0.4 is 4.90 Å². The Balaban J connectivity index is 2.23. The van der Waals surface area contributed by atoms with Gasteiger partial charge in [0.25, 0.3) is 0 Å². The lowest BCUT2D eigenvalue weighted by Gasteiger charge is -2.22. The van der Waals surface area contributed by atoms with E-state index in [9.17, 15) is 9.18 Å². The Kier molecular flexibility index (Phi) is 4.51. The number of carbonyl (C=O) groups is 1. The number of benzene rings is 2. The van der Waals surface area contributed by atoms with Gasteiger partial charge in [-0.3, -0.25) is 4.79 Å². The third kappa shape index (κ3) is 3.23. The fourth-order valence-corrected chi connectivity index (χ4v) is 2.18. The minimum absolute atomic E-state index is 0.131. The summed E-state index contributed by atoms with van der Waals surface area (Å²) in [5.74, 6) is -0.107. The number of hydrogen-bond acceptors (Lipinski definition) is 2. The van der Waals surface area contributed by atoms with Gasteiger partial charge in [-0.1, -0.05) is 31.2 Å². The van der Waals surface area contributed by atoms with Crippen LogP contribution in [0.1, 0.15) is 29.3 Å². The van der Waals surface area contributed by atoms with Crippen molar-refractivity contribution in [3.05, 3.63) is 65.5 Å². The molecule has 104 valence electrons. The van der Waals surface area contributed by atoms with Crippen LogP contribution in [0.5, 0.6) is 0 Å². The van der Waals surface area contributed by atoms with E-state index in [4.69, 9.17) is 0 Å². The Morgan fingerprint density at radius 3 is 2.40 bits per heavy atom. The molecule has 2 nitrogen and oxygen atoms in total. The van der Waals surface area contributed by atoms with Crippen molar-refractivity contribution in [2.24, 2.45) is 0 Å². The lowest BCUT2D eigenvalue weighted by Crippen LogP contribution is -2.19. The standard InChI is InChI=1S/C17H18FNO/c1-3-17(20)15-6-4-5-7-16(15)19(2)12-13-8-10-14(18)11-9-13/h4-11H,3,12H2,1-2H3. The van der Waals surface area contributed by atoms with Gasteiger partial charge in [0.05, 0.1) is 0 Å². The summed E-state index contributed by atoms with van der Waals surface area (Å²) in [6.45, 7) is 2.49. The number of anilines is 1. The Hall–Kier alpha value is -2.16. The fourth-order valence-electron chi connectivity index (χ4n) is 2.18. The van der Waals surface area contributed by atoms with Crippen LogP contribution in [0.15, 0.2) is 48.5 Å². The molecule has 0 saturated carbocycles. The summed E-state index contributed by atoms with van der Waals surface area (Å²) < 4.78 is 12.9. The number of para-hydroxylation sites is 1. The molecule has 0 radical (unpaired) electrons. The molecule has 2 rings (SSSR count). The van der Waals surface area contributed by atoms with Crippen LogP contribution >= 0.6 is 0 Å². The van der Waals surface area contributed by atoms with Gasteiger partial charge in [0, 0.05) is 31.3 Å². The number of carbonyl (C=O) groups excluding carboxylic acids is 1. The van der Waals surface area contributed by atoms with Crippen molar-refractivity contribution in [2.45, 2.75) is 19.9 Å². The molecule has 0 fully saturated rings. The van der Waals surface area contributed by atoms with Crippen molar-refractivity contribution in [3.63, 3.8) is 0 Å². The van der Waals surface area contributed by atoms with E-state index in [0.717, 1.165) is 16.8 Å². The first kappa shape index (κ1) is 14.3. The first-order valence-electron chi connectivity index (χ1n) is 6.69. The van der Waals surface area contributed by atoms with Gasteiger partial charge < -0.3 is 4.90 Å². The van der Waals surface area contributed by atoms with Gasteiger partial charge in [-0.2, -0.15) is 0 Å². The molecule has 0 N–H and O–H groups in total. The molecule has 0 heterocycles. The molecule has 0 unspecified atom stereocenters. The lowest BCUT2D eigenvalue weighted by atomic mass is 10.1. The van der Waals surface area contributed by atoms with Crippen molar-refractivity contribution >= 4 is 11.5 Å². The van der Waals surface area contributed by atoms with E-state index in [1.54, 1.807) is 12.1 Å². The molecule has 0 atom stereocenters. The van der Waals surface area contributed by atoms with Crippen LogP contribution in [0.2, 0.25) is 0 Å². The van der Waals surface area contributed by atoms with Crippen molar-refractivity contribution < 1.29 is 9.18 Å². The van der Waals surface area contributed by atoms with E-state index < -0.39 is 0 Å². The second-order valence-electron chi connectivity index (χ2n) is 4.78. The first-order chi connectivity index (χ1) is 9.61. The second-order valence-corrected chi connectivity index (χ2v) is 4.78. The predicted octanol–water partition coefficient (Wildman–Crippen LogP) is 4.05. The maximum Gasteiger partial charge on any atom is 0.164 e. The molecular formula is C17H18FNO. The molecule has 0 aliphatic carbocycles. The maximum absolute atomic E-state index is 12.9. The number of nitrogens with zero attached hydrogens (tertiary/aromatic N) is 1. The van der Waals surface area contributed by atoms with Crippen molar-refractivity contribution in [3.8, 4) is 0 Å². The molecule has 0 spiro atoms. The second kappa shape index (κ2) is 6.33. The number of ketones is 1. The quantitative estimate of drug-likeness (QED) is 0.764. The highest BCUT2D eigenvalue weighted by molar-refractivity contribution is 6.01. The van der Waals surface area contributed by atoms with E-state index in [2.05, 4.69) is 0 Å². The predicted molar refractivity (Wildman–Crippen MR) is 79.6 cm³/mol. The molecule has 0 bridgehead atoms. The van der Waals surface area contributed by atoms with Crippen molar-refractivity contribution in [2.75, 3.05) is 11.9 Å². The van der Waals surface area contributed by atoms with Gasteiger partial charge in [0.1, 0.15) is 5.82 Å². The third-order valence-corrected chi connectivity index (χ3v) is 3.27. The molecule has 2 aromatic carbocycles. The van der Waals surface area contributed by atoms with Crippen LogP contribution in [-0.4, -0.2) is 12.8 Å². The highest BCUT2D eigenvalue weighted by Crippen LogP contribution is 2.22. The highest BCUT2D eigenvalue weighted by Gasteiger charge is 2.12. The average Bonchev–Trinajstić information content (AvgIpc) is 2.48. The summed E-state index contributed by atoms with van der Waals surface area (Å²) >= 11 is 0. The molecule has 0 aliphatic heterocycles. The highest BCUT2D eigenvalue weighted by atomic mass is 19.1. The zero-order valence-electron chi connectivity index (χ0n) is 11.8. The topological polar surface area (TPSA) is 20.3 Å². The molecule has 0 amide bonds. The van der Waals surface area contributed by atoms with E-state index in [0.29, 0.717) is 13.0 Å². The molecule has 0 aromatic heterocycles. The minimum Gasteiger partial charge on any atom is -0.370 e. The molecule has 0 aliphatic rings. The molecule has 20 heavy (non-hydrogen) atoms. The minimum atomic E-state index is -0.238. The zero-order chi connectivity index (χ0) is 14.5. The Morgan fingerprint density at radius 1 is 1.10 bits per heavy atom. The van der Waals surface area contributed by atoms with Crippen LogP contribution in [0.3, 0.4) is 0 Å². The summed E-state index contributed by atoms with van der Waals surface area (Å²) in [4.78, 5) is 14.0. The van der Waals surface area contributed by atoms with Crippen molar-refractivity contribution in [1.82, 2.24) is 0 Å². The maximum atomic E-state index is 12.9. The molecular weight excluding hydrogens is 253 g/mol. The zero-order valence-corrected chi connectivity index (χ0v) is 11.8. The Morgan fingerprint density at radius 2 is 1.75 bits per heavy atom. The molecule has 0 saturated heterocycles. The molecule has 2 aromatic rings. The van der Waals surface area contributed by atoms with Gasteiger partial charge in [0.15, 0.2) is 5.78 Å². The van der Waals surface area contributed by atoms with E-state index in [-0.39, 0.29) is 11.6 Å². The van der Waals surface area contributed by atoms with Gasteiger partial charge in [-0.25, -0.2) is 4.39 Å². The number of rotatable bonds is 5. The van der Waals surface area contributed by atoms with Gasteiger partial charge in [-0.05, 0) is 29.8 Å². The van der Waals surface area contributed by atoms with Gasteiger partial charge in [-0.15, -0.1) is 0 Å². The van der Waals surface area contributed by atoms with E-state index in [1.807, 2.05) is 43.1 Å². The third-order valence-electron chi connectivity index (χ3n) is 3.27. The monoisotopic (exact) mass is 271 g/mol. The smallest absolute Gasteiger partial charge is 0.164 e. The van der Waals surface area contributed by atoms with Crippen LogP contribution in [0.4, 0.5) is 10.1 Å². The summed E-state index contributed by atoms with van der Waals surface area (Å²) in [5, 5.41) is 0. The summed E-state index contributed by atoms with van der Waals surface area (Å²) in [6, 6.07) is 14.0. The first-order valence-corrected chi connectivity index (χ1v) is 6.69. The Labute approximate surface area is 118 Å².